The van der Waals surface area contributed by atoms with Crippen LogP contribution in [0.15, 0.2) is 55.3 Å². The average Bonchev–Trinajstić information content (AvgIpc) is 3.19. The van der Waals surface area contributed by atoms with Crippen LogP contribution >= 0.6 is 11.3 Å². The number of esters is 1. The van der Waals surface area contributed by atoms with Gasteiger partial charge in [0.25, 0.3) is 0 Å². The number of aromatic nitrogens is 2. The Morgan fingerprint density at radius 1 is 1.36 bits per heavy atom. The first-order valence-corrected chi connectivity index (χ1v) is 8.84. The number of thiophene rings is 1. The fourth-order valence-electron chi connectivity index (χ4n) is 2.80. The van der Waals surface area contributed by atoms with E-state index in [1.165, 1.54) is 24.0 Å². The van der Waals surface area contributed by atoms with Crippen LogP contribution in [0.2, 0.25) is 0 Å². The van der Waals surface area contributed by atoms with Crippen molar-refractivity contribution in [1.29, 1.82) is 0 Å². The lowest BCUT2D eigenvalue weighted by atomic mass is 10.1. The molecule has 3 rings (SSSR count). The number of methoxy groups -OCH3 is 1. The highest BCUT2D eigenvalue weighted by Crippen LogP contribution is 2.35. The van der Waals surface area contributed by atoms with Crippen LogP contribution in [0, 0.1) is 6.92 Å². The lowest BCUT2D eigenvalue weighted by Gasteiger charge is -2.08. The summed E-state index contributed by atoms with van der Waals surface area (Å²) in [5, 5.41) is 4.58. The van der Waals surface area contributed by atoms with Crippen molar-refractivity contribution in [2.75, 3.05) is 7.11 Å². The molecule has 0 unspecified atom stereocenters. The summed E-state index contributed by atoms with van der Waals surface area (Å²) < 4.78 is 6.84. The molecule has 2 heterocycles. The van der Waals surface area contributed by atoms with E-state index in [4.69, 9.17) is 4.74 Å². The fourth-order valence-corrected chi connectivity index (χ4v) is 3.92. The Kier molecular flexibility index (Phi) is 5.14. The Morgan fingerprint density at radius 3 is 2.80 bits per heavy atom. The first-order chi connectivity index (χ1) is 12.1. The lowest BCUT2D eigenvalue weighted by Crippen LogP contribution is -2.06. The van der Waals surface area contributed by atoms with Crippen LogP contribution in [-0.4, -0.2) is 22.9 Å². The van der Waals surface area contributed by atoms with Crippen LogP contribution in [0.1, 0.15) is 26.5 Å². The minimum atomic E-state index is -0.304. The molecular formula is C20H20N2O2S. The number of hydrogen-bond donors (Lipinski definition) is 0. The second-order valence-electron chi connectivity index (χ2n) is 5.76. The zero-order valence-corrected chi connectivity index (χ0v) is 15.2. The molecule has 0 aliphatic heterocycles. The molecule has 0 amide bonds. The summed E-state index contributed by atoms with van der Waals surface area (Å²) >= 11 is 1.44. The van der Waals surface area contributed by atoms with E-state index in [1.54, 1.807) is 0 Å². The van der Waals surface area contributed by atoms with Gasteiger partial charge in [-0.25, -0.2) is 4.79 Å². The maximum absolute atomic E-state index is 11.8. The van der Waals surface area contributed by atoms with Gasteiger partial charge in [0.05, 0.1) is 25.5 Å². The number of hydrogen-bond acceptors (Lipinski definition) is 4. The lowest BCUT2D eigenvalue weighted by molar-refractivity contribution is 0.0606. The van der Waals surface area contributed by atoms with Gasteiger partial charge in [-0.3, -0.25) is 4.68 Å². The molecule has 0 atom stereocenters. The molecule has 2 aromatic heterocycles. The molecule has 0 saturated carbocycles. The van der Waals surface area contributed by atoms with Gasteiger partial charge >= 0.3 is 5.97 Å². The summed E-state index contributed by atoms with van der Waals surface area (Å²) in [6.07, 6.45) is 4.47. The van der Waals surface area contributed by atoms with Crippen molar-refractivity contribution in [2.45, 2.75) is 19.9 Å². The molecule has 4 nitrogen and oxygen atoms in total. The quantitative estimate of drug-likeness (QED) is 0.485. The van der Waals surface area contributed by atoms with E-state index in [2.05, 4.69) is 23.8 Å². The smallest absolute Gasteiger partial charge is 0.348 e. The van der Waals surface area contributed by atoms with Gasteiger partial charge in [0.15, 0.2) is 0 Å². The molecule has 0 aliphatic rings. The molecule has 0 spiro atoms. The van der Waals surface area contributed by atoms with Crippen molar-refractivity contribution >= 4 is 17.3 Å². The number of aryl methyl sites for hydroxylation is 1. The average molecular weight is 352 g/mol. The van der Waals surface area contributed by atoms with Crippen molar-refractivity contribution < 1.29 is 9.53 Å². The number of ether oxygens (including phenoxy) is 1. The van der Waals surface area contributed by atoms with Gasteiger partial charge in [-0.15, -0.1) is 17.9 Å². The van der Waals surface area contributed by atoms with Crippen LogP contribution in [-0.2, 0) is 17.7 Å². The van der Waals surface area contributed by atoms with Crippen LogP contribution in [0.3, 0.4) is 0 Å². The first-order valence-electron chi connectivity index (χ1n) is 8.02. The van der Waals surface area contributed by atoms with E-state index >= 15 is 0 Å². The zero-order valence-electron chi connectivity index (χ0n) is 14.4. The summed E-state index contributed by atoms with van der Waals surface area (Å²) in [6, 6.07) is 12.1. The minimum Gasteiger partial charge on any atom is -0.465 e. The molecule has 0 aliphatic carbocycles. The number of carbonyl (C=O) groups is 1. The third-order valence-electron chi connectivity index (χ3n) is 4.01. The molecule has 1 aromatic carbocycles. The highest BCUT2D eigenvalue weighted by Gasteiger charge is 2.19. The molecule has 0 fully saturated rings. The minimum absolute atomic E-state index is 0.304. The van der Waals surface area contributed by atoms with Crippen molar-refractivity contribution in [2.24, 2.45) is 0 Å². The van der Waals surface area contributed by atoms with Crippen LogP contribution in [0.5, 0.6) is 0 Å². The Bertz CT molecular complexity index is 894. The molecule has 0 saturated heterocycles. The summed E-state index contributed by atoms with van der Waals surface area (Å²) in [7, 11) is 1.40. The molecule has 5 heteroatoms. The molecular weight excluding hydrogens is 332 g/mol. The predicted molar refractivity (Wildman–Crippen MR) is 101 cm³/mol. The van der Waals surface area contributed by atoms with Gasteiger partial charge in [0.1, 0.15) is 4.88 Å². The summed E-state index contributed by atoms with van der Waals surface area (Å²) in [6.45, 7) is 6.59. The second kappa shape index (κ2) is 7.49. The van der Waals surface area contributed by atoms with E-state index in [0.29, 0.717) is 17.8 Å². The summed E-state index contributed by atoms with van der Waals surface area (Å²) in [5.41, 5.74) is 4.39. The predicted octanol–water partition coefficient (Wildman–Crippen LogP) is 4.48. The molecule has 128 valence electrons. The van der Waals surface area contributed by atoms with E-state index < -0.39 is 0 Å². The first kappa shape index (κ1) is 17.2. The normalized spacial score (nSPS) is 10.6. The molecule has 3 aromatic rings. The SMILES string of the molecule is C=CCc1c(-c2sc(C(=O)OC)cc2C)cnn1Cc1ccccc1. The third kappa shape index (κ3) is 3.56. The Hall–Kier alpha value is -2.66. The number of allylic oxidation sites excluding steroid dienone is 1. The van der Waals surface area contributed by atoms with Gasteiger partial charge in [-0.05, 0) is 24.1 Å². The third-order valence-corrected chi connectivity index (χ3v) is 5.26. The molecule has 25 heavy (non-hydrogen) atoms. The summed E-state index contributed by atoms with van der Waals surface area (Å²) in [5.74, 6) is -0.304. The van der Waals surface area contributed by atoms with E-state index in [0.717, 1.165) is 21.7 Å². The van der Waals surface area contributed by atoms with Crippen LogP contribution < -0.4 is 0 Å². The van der Waals surface area contributed by atoms with Gasteiger partial charge in [-0.2, -0.15) is 5.10 Å². The van der Waals surface area contributed by atoms with Crippen molar-refractivity contribution in [1.82, 2.24) is 9.78 Å². The molecule has 0 radical (unpaired) electrons. The number of carbonyl (C=O) groups excluding carboxylic acids is 1. The molecule has 0 N–H and O–H groups in total. The van der Waals surface area contributed by atoms with Crippen LogP contribution in [0.4, 0.5) is 0 Å². The fraction of sp³-hybridized carbons (Fsp3) is 0.200. The number of benzene rings is 1. The van der Waals surface area contributed by atoms with Crippen molar-refractivity contribution in [3.63, 3.8) is 0 Å². The Morgan fingerprint density at radius 2 is 2.12 bits per heavy atom. The molecule has 0 bridgehead atoms. The van der Waals surface area contributed by atoms with E-state index in [9.17, 15) is 4.79 Å². The van der Waals surface area contributed by atoms with Crippen molar-refractivity contribution in [3.8, 4) is 10.4 Å². The highest BCUT2D eigenvalue weighted by atomic mass is 32.1. The Labute approximate surface area is 151 Å². The maximum Gasteiger partial charge on any atom is 0.348 e. The Balaban J connectivity index is 2.01. The second-order valence-corrected chi connectivity index (χ2v) is 6.81. The monoisotopic (exact) mass is 352 g/mol. The highest BCUT2D eigenvalue weighted by molar-refractivity contribution is 7.17. The van der Waals surface area contributed by atoms with Gasteiger partial charge in [0.2, 0.25) is 0 Å². The van der Waals surface area contributed by atoms with Crippen molar-refractivity contribution in [3.05, 3.63) is 76.9 Å². The van der Waals surface area contributed by atoms with E-state index in [-0.39, 0.29) is 5.97 Å². The van der Waals surface area contributed by atoms with Gasteiger partial charge < -0.3 is 4.74 Å². The van der Waals surface area contributed by atoms with Crippen LogP contribution in [0.25, 0.3) is 10.4 Å². The zero-order chi connectivity index (χ0) is 17.8. The number of nitrogens with zero attached hydrogens (tertiary/aromatic N) is 2. The van der Waals surface area contributed by atoms with E-state index in [1.807, 2.05) is 48.1 Å². The maximum atomic E-state index is 11.8. The largest absolute Gasteiger partial charge is 0.465 e. The van der Waals surface area contributed by atoms with Gasteiger partial charge in [-0.1, -0.05) is 36.4 Å². The number of rotatable bonds is 6. The standard InChI is InChI=1S/C20H20N2O2S/c1-4-8-17-16(19-14(2)11-18(25-19)20(23)24-3)12-21-22(17)13-15-9-6-5-7-10-15/h4-7,9-12H,1,8,13H2,2-3H3. The topological polar surface area (TPSA) is 44.1 Å². The van der Waals surface area contributed by atoms with Gasteiger partial charge in [0, 0.05) is 16.9 Å². The summed E-state index contributed by atoms with van der Waals surface area (Å²) in [4.78, 5) is 13.5.